The van der Waals surface area contributed by atoms with Crippen LogP contribution in [0.15, 0.2) is 18.3 Å². The number of aromatic nitrogens is 1. The van der Waals surface area contributed by atoms with Crippen molar-refractivity contribution in [2.45, 2.75) is 31.9 Å². The largest absolute Gasteiger partial charge is 0.481 e. The maximum Gasteiger partial charge on any atom is 0.319 e. The predicted octanol–water partition coefficient (Wildman–Crippen LogP) is 1.78. The molecule has 0 unspecified atom stereocenters. The first-order valence-corrected chi connectivity index (χ1v) is 6.38. The number of methoxy groups -OCH3 is 1. The molecule has 1 aromatic rings. The zero-order valence-electron chi connectivity index (χ0n) is 11.2. The third-order valence-corrected chi connectivity index (χ3v) is 3.08. The molecule has 6 nitrogen and oxygen atoms in total. The van der Waals surface area contributed by atoms with Crippen molar-refractivity contribution in [2.75, 3.05) is 19.0 Å². The SMILES string of the molecule is COc1ccc(NC(=O)N[C@H](C)[C@@H]2CCCO2)cn1. The van der Waals surface area contributed by atoms with E-state index in [0.29, 0.717) is 11.6 Å². The van der Waals surface area contributed by atoms with E-state index in [2.05, 4.69) is 15.6 Å². The van der Waals surface area contributed by atoms with Crippen LogP contribution in [-0.2, 0) is 4.74 Å². The highest BCUT2D eigenvalue weighted by molar-refractivity contribution is 5.89. The molecule has 1 aliphatic rings. The summed E-state index contributed by atoms with van der Waals surface area (Å²) in [6, 6.07) is 3.17. The third kappa shape index (κ3) is 3.82. The van der Waals surface area contributed by atoms with E-state index in [9.17, 15) is 4.79 Å². The van der Waals surface area contributed by atoms with Crippen LogP contribution in [0.2, 0.25) is 0 Å². The van der Waals surface area contributed by atoms with Gasteiger partial charge >= 0.3 is 6.03 Å². The number of carbonyl (C=O) groups excluding carboxylic acids is 1. The molecule has 0 bridgehead atoms. The van der Waals surface area contributed by atoms with E-state index >= 15 is 0 Å². The number of pyridine rings is 1. The number of amides is 2. The Kier molecular flexibility index (Phi) is 4.57. The first-order valence-electron chi connectivity index (χ1n) is 6.38. The molecule has 19 heavy (non-hydrogen) atoms. The summed E-state index contributed by atoms with van der Waals surface area (Å²) in [7, 11) is 1.55. The van der Waals surface area contributed by atoms with Crippen molar-refractivity contribution in [3.63, 3.8) is 0 Å². The summed E-state index contributed by atoms with van der Waals surface area (Å²) in [4.78, 5) is 15.8. The fourth-order valence-electron chi connectivity index (χ4n) is 2.04. The molecule has 0 spiro atoms. The van der Waals surface area contributed by atoms with Gasteiger partial charge in [-0.25, -0.2) is 9.78 Å². The van der Waals surface area contributed by atoms with Crippen molar-refractivity contribution in [1.29, 1.82) is 0 Å². The Labute approximate surface area is 112 Å². The number of ether oxygens (including phenoxy) is 2. The molecule has 2 rings (SSSR count). The minimum Gasteiger partial charge on any atom is -0.481 e. The van der Waals surface area contributed by atoms with Gasteiger partial charge in [0.05, 0.1) is 31.1 Å². The van der Waals surface area contributed by atoms with Crippen molar-refractivity contribution in [3.05, 3.63) is 18.3 Å². The Hall–Kier alpha value is -1.82. The van der Waals surface area contributed by atoms with Crippen LogP contribution < -0.4 is 15.4 Å². The summed E-state index contributed by atoms with van der Waals surface area (Å²) in [5.41, 5.74) is 0.623. The number of anilines is 1. The topological polar surface area (TPSA) is 72.5 Å². The Morgan fingerprint density at radius 1 is 1.58 bits per heavy atom. The van der Waals surface area contributed by atoms with Crippen LogP contribution in [0.5, 0.6) is 5.88 Å². The second-order valence-corrected chi connectivity index (χ2v) is 4.53. The van der Waals surface area contributed by atoms with Crippen molar-refractivity contribution in [3.8, 4) is 5.88 Å². The van der Waals surface area contributed by atoms with Crippen LogP contribution in [0.1, 0.15) is 19.8 Å². The fourth-order valence-corrected chi connectivity index (χ4v) is 2.04. The molecule has 0 radical (unpaired) electrons. The minimum atomic E-state index is -0.255. The molecule has 1 saturated heterocycles. The highest BCUT2D eigenvalue weighted by Gasteiger charge is 2.23. The van der Waals surface area contributed by atoms with Crippen molar-refractivity contribution in [2.24, 2.45) is 0 Å². The monoisotopic (exact) mass is 265 g/mol. The standard InChI is InChI=1S/C13H19N3O3/c1-9(11-4-3-7-19-11)15-13(17)16-10-5-6-12(18-2)14-8-10/h5-6,8-9,11H,3-4,7H2,1-2H3,(H2,15,16,17)/t9-,11+/m1/s1. The highest BCUT2D eigenvalue weighted by Crippen LogP contribution is 2.15. The molecule has 0 saturated carbocycles. The quantitative estimate of drug-likeness (QED) is 0.870. The Morgan fingerprint density at radius 2 is 2.42 bits per heavy atom. The molecule has 0 aromatic carbocycles. The highest BCUT2D eigenvalue weighted by atomic mass is 16.5. The molecule has 1 aromatic heterocycles. The summed E-state index contributed by atoms with van der Waals surface area (Å²) in [5, 5.41) is 5.59. The van der Waals surface area contributed by atoms with E-state index in [4.69, 9.17) is 9.47 Å². The summed E-state index contributed by atoms with van der Waals surface area (Å²) in [6.07, 6.45) is 3.71. The van der Waals surface area contributed by atoms with Gasteiger partial charge in [0.2, 0.25) is 5.88 Å². The molecule has 1 fully saturated rings. The van der Waals surface area contributed by atoms with Crippen molar-refractivity contribution >= 4 is 11.7 Å². The zero-order valence-corrected chi connectivity index (χ0v) is 11.2. The summed E-state index contributed by atoms with van der Waals surface area (Å²) in [6.45, 7) is 2.72. The van der Waals surface area contributed by atoms with Crippen molar-refractivity contribution in [1.82, 2.24) is 10.3 Å². The van der Waals surface area contributed by atoms with Crippen molar-refractivity contribution < 1.29 is 14.3 Å². The van der Waals surface area contributed by atoms with E-state index in [0.717, 1.165) is 19.4 Å². The predicted molar refractivity (Wildman–Crippen MR) is 71.4 cm³/mol. The van der Waals surface area contributed by atoms with Crippen LogP contribution in [-0.4, -0.2) is 36.9 Å². The number of carbonyl (C=O) groups is 1. The Balaban J connectivity index is 1.82. The normalized spacial score (nSPS) is 19.8. The van der Waals surface area contributed by atoms with Gasteiger partial charge in [-0.05, 0) is 25.8 Å². The van der Waals surface area contributed by atoms with E-state index in [1.165, 1.54) is 0 Å². The Morgan fingerprint density at radius 3 is 3.00 bits per heavy atom. The van der Waals surface area contributed by atoms with Gasteiger partial charge in [-0.3, -0.25) is 0 Å². The molecule has 2 heterocycles. The van der Waals surface area contributed by atoms with E-state index in [1.54, 1.807) is 25.4 Å². The number of hydrogen-bond acceptors (Lipinski definition) is 4. The second kappa shape index (κ2) is 6.38. The third-order valence-electron chi connectivity index (χ3n) is 3.08. The first kappa shape index (κ1) is 13.6. The van der Waals surface area contributed by atoms with E-state index in [-0.39, 0.29) is 18.2 Å². The van der Waals surface area contributed by atoms with E-state index < -0.39 is 0 Å². The molecule has 2 amide bonds. The molecule has 1 aliphatic heterocycles. The lowest BCUT2D eigenvalue weighted by Gasteiger charge is -2.20. The maximum atomic E-state index is 11.8. The lowest BCUT2D eigenvalue weighted by atomic mass is 10.1. The van der Waals surface area contributed by atoms with Gasteiger partial charge in [0.1, 0.15) is 0 Å². The molecule has 6 heteroatoms. The van der Waals surface area contributed by atoms with Gasteiger partial charge in [-0.15, -0.1) is 0 Å². The van der Waals surface area contributed by atoms with Gasteiger partial charge < -0.3 is 20.1 Å². The number of rotatable bonds is 4. The van der Waals surface area contributed by atoms with E-state index in [1.807, 2.05) is 6.92 Å². The molecule has 2 atom stereocenters. The molecule has 104 valence electrons. The molecular weight excluding hydrogens is 246 g/mol. The lowest BCUT2D eigenvalue weighted by molar-refractivity contribution is 0.0868. The van der Waals surface area contributed by atoms with Gasteiger partial charge in [0.15, 0.2) is 0 Å². The van der Waals surface area contributed by atoms with Crippen LogP contribution >= 0.6 is 0 Å². The van der Waals surface area contributed by atoms with Gasteiger partial charge in [0, 0.05) is 12.7 Å². The maximum absolute atomic E-state index is 11.8. The lowest BCUT2D eigenvalue weighted by Crippen LogP contribution is -2.42. The number of urea groups is 1. The van der Waals surface area contributed by atoms with Crippen LogP contribution in [0, 0.1) is 0 Å². The Bertz CT molecular complexity index is 416. The number of nitrogens with one attached hydrogen (secondary N) is 2. The summed E-state index contributed by atoms with van der Waals surface area (Å²) in [5.74, 6) is 0.513. The zero-order chi connectivity index (χ0) is 13.7. The van der Waals surface area contributed by atoms with Crippen LogP contribution in [0.4, 0.5) is 10.5 Å². The first-order chi connectivity index (χ1) is 9.19. The van der Waals surface area contributed by atoms with Gasteiger partial charge in [0.25, 0.3) is 0 Å². The fraction of sp³-hybridized carbons (Fsp3) is 0.538. The smallest absolute Gasteiger partial charge is 0.319 e. The van der Waals surface area contributed by atoms with Crippen LogP contribution in [0.3, 0.4) is 0 Å². The van der Waals surface area contributed by atoms with Gasteiger partial charge in [-0.1, -0.05) is 0 Å². The molecule has 2 N–H and O–H groups in total. The summed E-state index contributed by atoms with van der Waals surface area (Å²) >= 11 is 0. The average molecular weight is 265 g/mol. The van der Waals surface area contributed by atoms with Gasteiger partial charge in [-0.2, -0.15) is 0 Å². The molecule has 0 aliphatic carbocycles. The molecular formula is C13H19N3O3. The number of hydrogen-bond donors (Lipinski definition) is 2. The summed E-state index contributed by atoms with van der Waals surface area (Å²) < 4.78 is 10.5. The van der Waals surface area contributed by atoms with Crippen LogP contribution in [0.25, 0.3) is 0 Å². The second-order valence-electron chi connectivity index (χ2n) is 4.53. The number of nitrogens with zero attached hydrogens (tertiary/aromatic N) is 1. The average Bonchev–Trinajstić information content (AvgIpc) is 2.93. The minimum absolute atomic E-state index is 0.00583.